The maximum absolute atomic E-state index is 11.8. The zero-order valence-electron chi connectivity index (χ0n) is 12.0. The van der Waals surface area contributed by atoms with Crippen molar-refractivity contribution in [2.45, 2.75) is 18.1 Å². The average Bonchev–Trinajstić information content (AvgIpc) is 2.86. The smallest absolute Gasteiger partial charge is 0.224 e. The van der Waals surface area contributed by atoms with Crippen LogP contribution in [0.5, 0.6) is 11.5 Å². The summed E-state index contributed by atoms with van der Waals surface area (Å²) in [6.07, 6.45) is 0.597. The van der Waals surface area contributed by atoms with Crippen molar-refractivity contribution in [3.05, 3.63) is 23.8 Å². The quantitative estimate of drug-likeness (QED) is 0.832. The van der Waals surface area contributed by atoms with Crippen molar-refractivity contribution < 1.29 is 22.7 Å². The molecule has 3 rings (SSSR count). The van der Waals surface area contributed by atoms with Crippen molar-refractivity contribution in [3.8, 4) is 11.5 Å². The fourth-order valence-corrected chi connectivity index (χ4v) is 3.44. The lowest BCUT2D eigenvalue weighted by Crippen LogP contribution is -2.33. The molecule has 2 N–H and O–H groups in total. The lowest BCUT2D eigenvalue weighted by molar-refractivity contribution is -0.127. The second-order valence-corrected chi connectivity index (χ2v) is 7.33. The Labute approximate surface area is 129 Å². The number of likely N-dealkylation sites (tertiary alicyclic amines) is 1. The first kappa shape index (κ1) is 15.1. The lowest BCUT2D eigenvalue weighted by atomic mass is 10.1. The summed E-state index contributed by atoms with van der Waals surface area (Å²) in [4.78, 5) is 13.4. The number of carbonyl (C=O) groups is 1. The minimum absolute atomic E-state index is 0.0278. The summed E-state index contributed by atoms with van der Waals surface area (Å²) in [5, 5.41) is 4.32. The first-order chi connectivity index (χ1) is 10.4. The molecule has 0 radical (unpaired) electrons. The van der Waals surface area contributed by atoms with Gasteiger partial charge in [0.25, 0.3) is 0 Å². The predicted octanol–water partition coefficient (Wildman–Crippen LogP) is -0.110. The summed E-state index contributed by atoms with van der Waals surface area (Å²) in [6, 6.07) is 5.67. The van der Waals surface area contributed by atoms with E-state index in [2.05, 4.69) is 0 Å². The number of nitrogens with zero attached hydrogens (tertiary/aromatic N) is 1. The molecule has 0 aliphatic carbocycles. The molecular formula is C14H18N2O5S. The molecular weight excluding hydrogens is 308 g/mol. The molecule has 1 fully saturated rings. The Morgan fingerprint density at radius 1 is 1.23 bits per heavy atom. The number of sulfonamides is 1. The van der Waals surface area contributed by atoms with Crippen molar-refractivity contribution in [2.24, 2.45) is 5.14 Å². The van der Waals surface area contributed by atoms with Gasteiger partial charge in [0.05, 0.1) is 0 Å². The topological polar surface area (TPSA) is 98.9 Å². The number of benzene rings is 1. The number of primary sulfonamides is 1. The van der Waals surface area contributed by atoms with E-state index >= 15 is 0 Å². The number of amides is 1. The number of fused-ring (bicyclic) bond motifs is 1. The molecule has 2 heterocycles. The van der Waals surface area contributed by atoms with Gasteiger partial charge in [0.2, 0.25) is 15.9 Å². The summed E-state index contributed by atoms with van der Waals surface area (Å²) in [5.74, 6) is 1.26. The van der Waals surface area contributed by atoms with Gasteiger partial charge in [-0.1, -0.05) is 6.07 Å². The largest absolute Gasteiger partial charge is 0.486 e. The van der Waals surface area contributed by atoms with Crippen LogP contribution >= 0.6 is 0 Å². The summed E-state index contributed by atoms with van der Waals surface area (Å²) >= 11 is 0. The molecule has 0 spiro atoms. The van der Waals surface area contributed by atoms with Gasteiger partial charge < -0.3 is 14.4 Å². The molecule has 0 bridgehead atoms. The second-order valence-electron chi connectivity index (χ2n) is 5.48. The fourth-order valence-electron chi connectivity index (χ4n) is 2.68. The van der Waals surface area contributed by atoms with Gasteiger partial charge in [-0.15, -0.1) is 0 Å². The monoisotopic (exact) mass is 326 g/mol. The van der Waals surface area contributed by atoms with Crippen LogP contribution in [0.2, 0.25) is 0 Å². The van der Waals surface area contributed by atoms with Gasteiger partial charge in [0, 0.05) is 19.5 Å². The molecule has 1 aromatic rings. The Bertz CT molecular complexity index is 688. The van der Waals surface area contributed by atoms with E-state index in [9.17, 15) is 13.2 Å². The van der Waals surface area contributed by atoms with Crippen LogP contribution in [0.3, 0.4) is 0 Å². The van der Waals surface area contributed by atoms with Gasteiger partial charge in [-0.2, -0.15) is 0 Å². The van der Waals surface area contributed by atoms with Gasteiger partial charge in [-0.25, -0.2) is 13.6 Å². The van der Waals surface area contributed by atoms with Crippen LogP contribution in [0, 0.1) is 0 Å². The van der Waals surface area contributed by atoms with E-state index in [0.717, 1.165) is 11.3 Å². The Morgan fingerprint density at radius 3 is 2.64 bits per heavy atom. The van der Waals surface area contributed by atoms with E-state index < -0.39 is 15.3 Å². The predicted molar refractivity (Wildman–Crippen MR) is 79.2 cm³/mol. The van der Waals surface area contributed by atoms with Crippen LogP contribution in [0.15, 0.2) is 18.2 Å². The van der Waals surface area contributed by atoms with Crippen LogP contribution in [0.25, 0.3) is 0 Å². The molecule has 0 saturated carbocycles. The summed E-state index contributed by atoms with van der Waals surface area (Å²) in [6.45, 7) is 1.70. The van der Waals surface area contributed by atoms with E-state index in [4.69, 9.17) is 14.6 Å². The van der Waals surface area contributed by atoms with E-state index in [1.54, 1.807) is 4.90 Å². The molecule has 1 aromatic carbocycles. The SMILES string of the molecule is NS(=O)(=O)C1CC(=O)N(CCc2ccc3c(c2)OCCO3)C1. The van der Waals surface area contributed by atoms with Gasteiger partial charge in [0.15, 0.2) is 11.5 Å². The van der Waals surface area contributed by atoms with Gasteiger partial charge in [0.1, 0.15) is 18.5 Å². The van der Waals surface area contributed by atoms with Crippen LogP contribution < -0.4 is 14.6 Å². The maximum Gasteiger partial charge on any atom is 0.224 e. The number of carbonyl (C=O) groups excluding carboxylic acids is 1. The normalized spacial score (nSPS) is 21.2. The third kappa shape index (κ3) is 3.17. The van der Waals surface area contributed by atoms with Crippen molar-refractivity contribution in [2.75, 3.05) is 26.3 Å². The maximum atomic E-state index is 11.8. The van der Waals surface area contributed by atoms with Crippen molar-refractivity contribution in [3.63, 3.8) is 0 Å². The standard InChI is InChI=1S/C14H18N2O5S/c15-22(18,19)11-8-14(17)16(9-11)4-3-10-1-2-12-13(7-10)21-6-5-20-12/h1-2,7,11H,3-6,8-9H2,(H2,15,18,19). The minimum atomic E-state index is -3.66. The Hall–Kier alpha value is -1.80. The molecule has 1 saturated heterocycles. The summed E-state index contributed by atoms with van der Waals surface area (Å²) in [5.41, 5.74) is 1.01. The van der Waals surface area contributed by atoms with E-state index in [1.165, 1.54) is 0 Å². The highest BCUT2D eigenvalue weighted by atomic mass is 32.2. The van der Waals surface area contributed by atoms with Gasteiger partial charge in [-0.3, -0.25) is 4.79 Å². The first-order valence-electron chi connectivity index (χ1n) is 7.11. The number of nitrogens with two attached hydrogens (primary N) is 1. The van der Waals surface area contributed by atoms with Crippen LogP contribution in [0.1, 0.15) is 12.0 Å². The van der Waals surface area contributed by atoms with E-state index in [-0.39, 0.29) is 18.9 Å². The Balaban J connectivity index is 1.62. The molecule has 0 aromatic heterocycles. The average molecular weight is 326 g/mol. The molecule has 1 unspecified atom stereocenters. The van der Waals surface area contributed by atoms with E-state index in [1.807, 2.05) is 18.2 Å². The number of rotatable bonds is 4. The Kier molecular flexibility index (Phi) is 3.96. The van der Waals surface area contributed by atoms with Crippen LogP contribution in [-0.4, -0.2) is 50.8 Å². The Morgan fingerprint density at radius 2 is 1.95 bits per heavy atom. The van der Waals surface area contributed by atoms with Crippen molar-refractivity contribution >= 4 is 15.9 Å². The molecule has 22 heavy (non-hydrogen) atoms. The summed E-state index contributed by atoms with van der Waals surface area (Å²) < 4.78 is 33.6. The second kappa shape index (κ2) is 5.77. The fraction of sp³-hybridized carbons (Fsp3) is 0.500. The van der Waals surface area contributed by atoms with Crippen LogP contribution in [-0.2, 0) is 21.2 Å². The van der Waals surface area contributed by atoms with Gasteiger partial charge >= 0.3 is 0 Å². The lowest BCUT2D eigenvalue weighted by Gasteiger charge is -2.20. The van der Waals surface area contributed by atoms with E-state index in [0.29, 0.717) is 31.9 Å². The highest BCUT2D eigenvalue weighted by Gasteiger charge is 2.36. The van der Waals surface area contributed by atoms with Crippen molar-refractivity contribution in [1.29, 1.82) is 0 Å². The van der Waals surface area contributed by atoms with Crippen molar-refractivity contribution in [1.82, 2.24) is 4.90 Å². The molecule has 2 aliphatic heterocycles. The third-order valence-corrected chi connectivity index (χ3v) is 5.17. The third-order valence-electron chi connectivity index (χ3n) is 3.92. The molecule has 2 aliphatic rings. The molecule has 8 heteroatoms. The molecule has 1 amide bonds. The minimum Gasteiger partial charge on any atom is -0.486 e. The highest BCUT2D eigenvalue weighted by Crippen LogP contribution is 2.31. The first-order valence-corrected chi connectivity index (χ1v) is 8.72. The molecule has 1 atom stereocenters. The number of hydrogen-bond donors (Lipinski definition) is 1. The van der Waals surface area contributed by atoms with Crippen LogP contribution in [0.4, 0.5) is 0 Å². The zero-order chi connectivity index (χ0) is 15.7. The van der Waals surface area contributed by atoms with Gasteiger partial charge in [-0.05, 0) is 24.1 Å². The highest BCUT2D eigenvalue weighted by molar-refractivity contribution is 7.89. The number of hydrogen-bond acceptors (Lipinski definition) is 5. The molecule has 120 valence electrons. The number of ether oxygens (including phenoxy) is 2. The summed E-state index contributed by atoms with van der Waals surface area (Å²) in [7, 11) is -3.66. The zero-order valence-corrected chi connectivity index (χ0v) is 12.8. The molecule has 7 nitrogen and oxygen atoms in total.